The molecular formula is C16H22N2O. The van der Waals surface area contributed by atoms with Gasteiger partial charge in [0.15, 0.2) is 0 Å². The highest BCUT2D eigenvalue weighted by atomic mass is 16.2. The number of benzene rings is 1. The predicted octanol–water partition coefficient (Wildman–Crippen LogP) is 3.31. The summed E-state index contributed by atoms with van der Waals surface area (Å²) in [6, 6.07) is 12.4. The van der Waals surface area contributed by atoms with Gasteiger partial charge >= 0.3 is 0 Å². The van der Waals surface area contributed by atoms with Crippen molar-refractivity contribution in [1.82, 2.24) is 9.78 Å². The van der Waals surface area contributed by atoms with Crippen LogP contribution in [0.3, 0.4) is 0 Å². The summed E-state index contributed by atoms with van der Waals surface area (Å²) in [6.45, 7) is 4.58. The number of aromatic nitrogens is 2. The average molecular weight is 258 g/mol. The Hall–Kier alpha value is -1.61. The van der Waals surface area contributed by atoms with E-state index in [9.17, 15) is 0 Å². The molecule has 0 aliphatic carbocycles. The number of nitrogens with zero attached hydrogens (tertiary/aromatic N) is 2. The van der Waals surface area contributed by atoms with Crippen molar-refractivity contribution in [3.63, 3.8) is 0 Å². The number of aliphatic hydroxyl groups excluding tert-OH is 1. The highest BCUT2D eigenvalue weighted by Crippen LogP contribution is 2.19. The lowest BCUT2D eigenvalue weighted by molar-refractivity contribution is 0.284. The van der Waals surface area contributed by atoms with Crippen molar-refractivity contribution in [3.8, 4) is 5.69 Å². The summed E-state index contributed by atoms with van der Waals surface area (Å²) in [4.78, 5) is 0. The first-order valence-corrected chi connectivity index (χ1v) is 6.97. The molecule has 2 rings (SSSR count). The Morgan fingerprint density at radius 2 is 1.89 bits per heavy atom. The molecule has 1 aromatic heterocycles. The first-order chi connectivity index (χ1) is 9.22. The third kappa shape index (κ3) is 3.44. The Kier molecular flexibility index (Phi) is 4.74. The minimum absolute atomic E-state index is 0.260. The molecule has 2 aromatic rings. The van der Waals surface area contributed by atoms with Gasteiger partial charge in [-0.25, -0.2) is 4.68 Å². The van der Waals surface area contributed by atoms with Crippen LogP contribution in [0.4, 0.5) is 0 Å². The molecule has 19 heavy (non-hydrogen) atoms. The third-order valence-corrected chi connectivity index (χ3v) is 3.24. The van der Waals surface area contributed by atoms with Crippen LogP contribution in [0.5, 0.6) is 0 Å². The molecule has 0 radical (unpaired) electrons. The smallest absolute Gasteiger partial charge is 0.0657 e. The molecule has 0 amide bonds. The van der Waals surface area contributed by atoms with Crippen LogP contribution in [0.25, 0.3) is 5.69 Å². The van der Waals surface area contributed by atoms with Crippen molar-refractivity contribution in [2.45, 2.75) is 39.0 Å². The molecule has 3 heteroatoms. The standard InChI is InChI=1S/C16H22N2O/c1-13(2)16-12-15(10-6-7-11-19)18(17-16)14-8-4-3-5-9-14/h3-5,8-9,12-13,19H,6-7,10-11H2,1-2H3. The first-order valence-electron chi connectivity index (χ1n) is 6.97. The monoisotopic (exact) mass is 258 g/mol. The van der Waals surface area contributed by atoms with Gasteiger partial charge in [-0.05, 0) is 43.4 Å². The van der Waals surface area contributed by atoms with Gasteiger partial charge < -0.3 is 5.11 Å². The minimum atomic E-state index is 0.260. The quantitative estimate of drug-likeness (QED) is 0.807. The molecular weight excluding hydrogens is 236 g/mol. The number of hydrogen-bond acceptors (Lipinski definition) is 2. The van der Waals surface area contributed by atoms with Crippen LogP contribution < -0.4 is 0 Å². The zero-order chi connectivity index (χ0) is 13.7. The number of hydrogen-bond donors (Lipinski definition) is 1. The number of aryl methyl sites for hydroxylation is 1. The van der Waals surface area contributed by atoms with Gasteiger partial charge in [-0.1, -0.05) is 32.0 Å². The number of aliphatic hydroxyl groups is 1. The second-order valence-electron chi connectivity index (χ2n) is 5.14. The van der Waals surface area contributed by atoms with Crippen molar-refractivity contribution in [3.05, 3.63) is 47.8 Å². The van der Waals surface area contributed by atoms with Gasteiger partial charge in [-0.15, -0.1) is 0 Å². The van der Waals surface area contributed by atoms with E-state index < -0.39 is 0 Å². The van der Waals surface area contributed by atoms with E-state index in [4.69, 9.17) is 10.2 Å². The molecule has 0 fully saturated rings. The third-order valence-electron chi connectivity index (χ3n) is 3.24. The minimum Gasteiger partial charge on any atom is -0.396 e. The Bertz CT molecular complexity index is 503. The molecule has 0 aliphatic rings. The highest BCUT2D eigenvalue weighted by molar-refractivity contribution is 5.33. The Balaban J connectivity index is 2.29. The maximum absolute atomic E-state index is 8.90. The van der Waals surface area contributed by atoms with Crippen LogP contribution in [0.1, 0.15) is 44.0 Å². The molecule has 1 aromatic carbocycles. The number of rotatable bonds is 6. The molecule has 0 bridgehead atoms. The molecule has 3 nitrogen and oxygen atoms in total. The normalized spacial score (nSPS) is 11.2. The molecule has 0 saturated carbocycles. The number of para-hydroxylation sites is 1. The van der Waals surface area contributed by atoms with Crippen LogP contribution in [-0.2, 0) is 6.42 Å². The molecule has 1 N–H and O–H groups in total. The van der Waals surface area contributed by atoms with Gasteiger partial charge in [-0.3, -0.25) is 0 Å². The van der Waals surface area contributed by atoms with Crippen molar-refractivity contribution in [2.24, 2.45) is 0 Å². The molecule has 0 atom stereocenters. The van der Waals surface area contributed by atoms with E-state index in [1.807, 2.05) is 22.9 Å². The molecule has 1 heterocycles. The topological polar surface area (TPSA) is 38.0 Å². The van der Waals surface area contributed by atoms with Gasteiger partial charge in [-0.2, -0.15) is 5.10 Å². The van der Waals surface area contributed by atoms with Crippen molar-refractivity contribution in [1.29, 1.82) is 0 Å². The van der Waals surface area contributed by atoms with Gasteiger partial charge in [0.05, 0.1) is 11.4 Å². The maximum atomic E-state index is 8.90. The summed E-state index contributed by atoms with van der Waals surface area (Å²) < 4.78 is 2.03. The summed E-state index contributed by atoms with van der Waals surface area (Å²) in [5, 5.41) is 13.6. The van der Waals surface area contributed by atoms with Crippen molar-refractivity contribution in [2.75, 3.05) is 6.61 Å². The Morgan fingerprint density at radius 3 is 2.53 bits per heavy atom. The van der Waals surface area contributed by atoms with Crippen LogP contribution in [-0.4, -0.2) is 21.5 Å². The summed E-state index contributed by atoms with van der Waals surface area (Å²) in [7, 11) is 0. The van der Waals surface area contributed by atoms with Gasteiger partial charge in [0, 0.05) is 12.3 Å². The highest BCUT2D eigenvalue weighted by Gasteiger charge is 2.11. The fourth-order valence-corrected chi connectivity index (χ4v) is 2.11. The summed E-state index contributed by atoms with van der Waals surface area (Å²) >= 11 is 0. The summed E-state index contributed by atoms with van der Waals surface area (Å²) in [5.74, 6) is 0.432. The van der Waals surface area contributed by atoms with Crippen molar-refractivity contribution >= 4 is 0 Å². The lowest BCUT2D eigenvalue weighted by Gasteiger charge is -2.06. The second kappa shape index (κ2) is 6.53. The van der Waals surface area contributed by atoms with E-state index in [0.29, 0.717) is 5.92 Å². The fraction of sp³-hybridized carbons (Fsp3) is 0.438. The van der Waals surface area contributed by atoms with E-state index in [0.717, 1.165) is 30.6 Å². The average Bonchev–Trinajstić information content (AvgIpc) is 2.84. The van der Waals surface area contributed by atoms with Crippen LogP contribution >= 0.6 is 0 Å². The maximum Gasteiger partial charge on any atom is 0.0657 e. The van der Waals surface area contributed by atoms with E-state index >= 15 is 0 Å². The van der Waals surface area contributed by atoms with E-state index in [1.54, 1.807) is 0 Å². The van der Waals surface area contributed by atoms with Crippen LogP contribution in [0.15, 0.2) is 36.4 Å². The van der Waals surface area contributed by atoms with E-state index in [1.165, 1.54) is 5.69 Å². The number of unbranched alkanes of at least 4 members (excludes halogenated alkanes) is 1. The van der Waals surface area contributed by atoms with E-state index in [-0.39, 0.29) is 6.61 Å². The predicted molar refractivity (Wildman–Crippen MR) is 77.7 cm³/mol. The van der Waals surface area contributed by atoms with Gasteiger partial charge in [0.25, 0.3) is 0 Å². The molecule has 0 spiro atoms. The fourth-order valence-electron chi connectivity index (χ4n) is 2.11. The summed E-state index contributed by atoms with van der Waals surface area (Å²) in [6.07, 6.45) is 2.79. The van der Waals surface area contributed by atoms with E-state index in [2.05, 4.69) is 32.0 Å². The van der Waals surface area contributed by atoms with Crippen LogP contribution in [0.2, 0.25) is 0 Å². The zero-order valence-electron chi connectivity index (χ0n) is 11.7. The lowest BCUT2D eigenvalue weighted by Crippen LogP contribution is -2.03. The summed E-state index contributed by atoms with van der Waals surface area (Å²) in [5.41, 5.74) is 3.46. The van der Waals surface area contributed by atoms with Crippen molar-refractivity contribution < 1.29 is 5.11 Å². The zero-order valence-corrected chi connectivity index (χ0v) is 11.7. The van der Waals surface area contributed by atoms with Gasteiger partial charge in [0.2, 0.25) is 0 Å². The molecule has 0 aliphatic heterocycles. The molecule has 0 saturated heterocycles. The molecule has 0 unspecified atom stereocenters. The SMILES string of the molecule is CC(C)c1cc(CCCCO)n(-c2ccccc2)n1. The van der Waals surface area contributed by atoms with Gasteiger partial charge in [0.1, 0.15) is 0 Å². The van der Waals surface area contributed by atoms with Crippen LogP contribution in [0, 0.1) is 0 Å². The molecule has 102 valence electrons. The lowest BCUT2D eigenvalue weighted by atomic mass is 10.1. The largest absolute Gasteiger partial charge is 0.396 e. The second-order valence-corrected chi connectivity index (χ2v) is 5.14. The Labute approximate surface area is 114 Å². The first kappa shape index (κ1) is 13.8. The Morgan fingerprint density at radius 1 is 1.16 bits per heavy atom.